The molecule has 7 heteroatoms. The fourth-order valence-electron chi connectivity index (χ4n) is 3.17. The number of fused-ring (bicyclic) bond motifs is 1. The van der Waals surface area contributed by atoms with E-state index >= 15 is 0 Å². The average Bonchev–Trinajstić information content (AvgIpc) is 3.17. The van der Waals surface area contributed by atoms with Crippen LogP contribution in [0.15, 0.2) is 71.8 Å². The Hall–Kier alpha value is -3.87. The highest BCUT2D eigenvalue weighted by molar-refractivity contribution is 5.90. The van der Waals surface area contributed by atoms with Gasteiger partial charge >= 0.3 is 0 Å². The van der Waals surface area contributed by atoms with Crippen molar-refractivity contribution in [1.82, 2.24) is 14.2 Å². The van der Waals surface area contributed by atoms with E-state index in [1.54, 1.807) is 47.2 Å². The van der Waals surface area contributed by atoms with Crippen molar-refractivity contribution in [1.29, 1.82) is 0 Å². The van der Waals surface area contributed by atoms with Crippen LogP contribution in [-0.2, 0) is 11.3 Å². The SMILES string of the molecule is CCOc1ccc(NC(=O)Cn2ccn3nc(-c4ccc(C)cc4)cc3c2=O)cc1. The third kappa shape index (κ3) is 4.10. The minimum atomic E-state index is -0.288. The largest absolute Gasteiger partial charge is 0.494 e. The van der Waals surface area contributed by atoms with E-state index in [2.05, 4.69) is 10.4 Å². The zero-order valence-corrected chi connectivity index (χ0v) is 16.8. The van der Waals surface area contributed by atoms with E-state index in [1.165, 1.54) is 4.57 Å². The number of nitrogens with zero attached hydrogens (tertiary/aromatic N) is 3. The van der Waals surface area contributed by atoms with E-state index in [0.717, 1.165) is 16.9 Å². The Morgan fingerprint density at radius 1 is 1.07 bits per heavy atom. The van der Waals surface area contributed by atoms with Gasteiger partial charge in [0.15, 0.2) is 0 Å². The van der Waals surface area contributed by atoms with Gasteiger partial charge in [0.2, 0.25) is 5.91 Å². The summed E-state index contributed by atoms with van der Waals surface area (Å²) in [5.74, 6) is 0.450. The molecule has 152 valence electrons. The number of amides is 1. The maximum Gasteiger partial charge on any atom is 0.277 e. The van der Waals surface area contributed by atoms with Crippen molar-refractivity contribution < 1.29 is 9.53 Å². The fraction of sp³-hybridized carbons (Fsp3) is 0.174. The summed E-state index contributed by atoms with van der Waals surface area (Å²) in [6.45, 7) is 4.42. The highest BCUT2D eigenvalue weighted by Gasteiger charge is 2.11. The van der Waals surface area contributed by atoms with Crippen LogP contribution in [0.5, 0.6) is 5.75 Å². The summed E-state index contributed by atoms with van der Waals surface area (Å²) in [5, 5.41) is 7.27. The fourth-order valence-corrected chi connectivity index (χ4v) is 3.17. The van der Waals surface area contributed by atoms with Crippen LogP contribution in [0.1, 0.15) is 12.5 Å². The summed E-state index contributed by atoms with van der Waals surface area (Å²) in [6.07, 6.45) is 3.25. The number of aromatic nitrogens is 3. The van der Waals surface area contributed by atoms with Gasteiger partial charge in [-0.2, -0.15) is 5.10 Å². The molecule has 0 fully saturated rings. The lowest BCUT2D eigenvalue weighted by Gasteiger charge is -2.08. The van der Waals surface area contributed by atoms with Gasteiger partial charge in [-0.05, 0) is 44.2 Å². The van der Waals surface area contributed by atoms with E-state index in [4.69, 9.17) is 4.74 Å². The van der Waals surface area contributed by atoms with Crippen LogP contribution in [0.4, 0.5) is 5.69 Å². The first-order valence-corrected chi connectivity index (χ1v) is 9.72. The number of ether oxygens (including phenoxy) is 1. The van der Waals surface area contributed by atoms with Crippen molar-refractivity contribution in [3.8, 4) is 17.0 Å². The van der Waals surface area contributed by atoms with Gasteiger partial charge in [0.1, 0.15) is 17.8 Å². The Labute approximate surface area is 173 Å². The van der Waals surface area contributed by atoms with Crippen molar-refractivity contribution in [2.45, 2.75) is 20.4 Å². The normalized spacial score (nSPS) is 10.9. The lowest BCUT2D eigenvalue weighted by molar-refractivity contribution is -0.116. The molecule has 2 aromatic heterocycles. The Morgan fingerprint density at radius 3 is 2.50 bits per heavy atom. The molecule has 4 aromatic rings. The molecule has 2 aromatic carbocycles. The van der Waals surface area contributed by atoms with Crippen LogP contribution < -0.4 is 15.6 Å². The van der Waals surface area contributed by atoms with Crippen LogP contribution in [0.2, 0.25) is 0 Å². The van der Waals surface area contributed by atoms with Gasteiger partial charge in [0.25, 0.3) is 5.56 Å². The maximum atomic E-state index is 12.8. The minimum absolute atomic E-state index is 0.0897. The number of rotatable bonds is 6. The number of benzene rings is 2. The van der Waals surface area contributed by atoms with Crippen molar-refractivity contribution >= 4 is 17.1 Å². The second kappa shape index (κ2) is 8.24. The number of nitrogens with one attached hydrogen (secondary N) is 1. The Balaban J connectivity index is 1.52. The Morgan fingerprint density at radius 2 is 1.80 bits per heavy atom. The molecular formula is C23H22N4O3. The van der Waals surface area contributed by atoms with E-state index in [0.29, 0.717) is 23.5 Å². The predicted octanol–water partition coefficient (Wildman–Crippen LogP) is 3.51. The molecule has 0 atom stereocenters. The molecule has 2 heterocycles. The van der Waals surface area contributed by atoms with E-state index in [-0.39, 0.29) is 18.0 Å². The molecule has 4 rings (SSSR count). The zero-order valence-electron chi connectivity index (χ0n) is 16.8. The number of carbonyl (C=O) groups excluding carboxylic acids is 1. The Bertz CT molecular complexity index is 1240. The molecule has 0 radical (unpaired) electrons. The summed E-state index contributed by atoms with van der Waals surface area (Å²) in [6, 6.07) is 16.8. The number of hydrogen-bond acceptors (Lipinski definition) is 4. The van der Waals surface area contributed by atoms with Crippen LogP contribution in [0.25, 0.3) is 16.8 Å². The van der Waals surface area contributed by atoms with Gasteiger partial charge in [0, 0.05) is 23.6 Å². The molecule has 0 bridgehead atoms. The van der Waals surface area contributed by atoms with Crippen molar-refractivity contribution in [3.05, 3.63) is 82.9 Å². The summed E-state index contributed by atoms with van der Waals surface area (Å²) >= 11 is 0. The van der Waals surface area contributed by atoms with Gasteiger partial charge in [-0.1, -0.05) is 29.8 Å². The van der Waals surface area contributed by atoms with Gasteiger partial charge < -0.3 is 14.6 Å². The van der Waals surface area contributed by atoms with Crippen molar-refractivity contribution in [3.63, 3.8) is 0 Å². The first-order chi connectivity index (χ1) is 14.5. The van der Waals surface area contributed by atoms with Gasteiger partial charge in [-0.3, -0.25) is 9.59 Å². The van der Waals surface area contributed by atoms with Crippen LogP contribution >= 0.6 is 0 Å². The smallest absolute Gasteiger partial charge is 0.277 e. The molecule has 7 nitrogen and oxygen atoms in total. The molecule has 1 amide bonds. The second-order valence-electron chi connectivity index (χ2n) is 6.96. The highest BCUT2D eigenvalue weighted by Crippen LogP contribution is 2.19. The van der Waals surface area contributed by atoms with E-state index in [1.807, 2.05) is 38.1 Å². The quantitative estimate of drug-likeness (QED) is 0.535. The molecule has 0 aliphatic heterocycles. The minimum Gasteiger partial charge on any atom is -0.494 e. The first-order valence-electron chi connectivity index (χ1n) is 9.72. The molecule has 0 saturated carbocycles. The summed E-state index contributed by atoms with van der Waals surface area (Å²) < 4.78 is 8.31. The Kier molecular flexibility index (Phi) is 5.34. The summed E-state index contributed by atoms with van der Waals surface area (Å²) in [7, 11) is 0. The number of carbonyl (C=O) groups is 1. The summed E-state index contributed by atoms with van der Waals surface area (Å²) in [5.41, 5.74) is 3.59. The van der Waals surface area contributed by atoms with Gasteiger partial charge in [-0.15, -0.1) is 0 Å². The van der Waals surface area contributed by atoms with Crippen molar-refractivity contribution in [2.24, 2.45) is 0 Å². The van der Waals surface area contributed by atoms with Crippen molar-refractivity contribution in [2.75, 3.05) is 11.9 Å². The van der Waals surface area contributed by atoms with E-state index in [9.17, 15) is 9.59 Å². The van der Waals surface area contributed by atoms with Crippen LogP contribution in [0.3, 0.4) is 0 Å². The van der Waals surface area contributed by atoms with Crippen LogP contribution in [0, 0.1) is 6.92 Å². The predicted molar refractivity (Wildman–Crippen MR) is 116 cm³/mol. The topological polar surface area (TPSA) is 77.6 Å². The van der Waals surface area contributed by atoms with E-state index < -0.39 is 0 Å². The molecule has 0 aliphatic carbocycles. The lowest BCUT2D eigenvalue weighted by Crippen LogP contribution is -2.28. The molecule has 0 spiro atoms. The standard InChI is InChI=1S/C23H22N4O3/c1-3-30-19-10-8-18(9-11-19)24-22(28)15-26-12-13-27-21(23(26)29)14-20(25-27)17-6-4-16(2)5-7-17/h4-14H,3,15H2,1-2H3,(H,24,28). The average molecular weight is 402 g/mol. The third-order valence-corrected chi connectivity index (χ3v) is 4.71. The number of anilines is 1. The molecular weight excluding hydrogens is 380 g/mol. The third-order valence-electron chi connectivity index (χ3n) is 4.71. The number of hydrogen-bond donors (Lipinski definition) is 1. The van der Waals surface area contributed by atoms with Crippen LogP contribution in [-0.4, -0.2) is 26.7 Å². The monoisotopic (exact) mass is 402 g/mol. The lowest BCUT2D eigenvalue weighted by atomic mass is 10.1. The van der Waals surface area contributed by atoms with Gasteiger partial charge in [0.05, 0.1) is 12.3 Å². The van der Waals surface area contributed by atoms with Gasteiger partial charge in [-0.25, -0.2) is 4.52 Å². The molecule has 0 aliphatic rings. The highest BCUT2D eigenvalue weighted by atomic mass is 16.5. The molecule has 1 N–H and O–H groups in total. The zero-order chi connectivity index (χ0) is 21.1. The molecule has 30 heavy (non-hydrogen) atoms. The second-order valence-corrected chi connectivity index (χ2v) is 6.96. The molecule has 0 unspecified atom stereocenters. The maximum absolute atomic E-state index is 12.8. The molecule has 0 saturated heterocycles. The first kappa shape index (κ1) is 19.4. The number of aryl methyl sites for hydroxylation is 1. The summed E-state index contributed by atoms with van der Waals surface area (Å²) in [4.78, 5) is 25.3.